The fourth-order valence-corrected chi connectivity index (χ4v) is 3.60. The zero-order valence-corrected chi connectivity index (χ0v) is 19.2. The van der Waals surface area contributed by atoms with Gasteiger partial charge in [0, 0.05) is 20.9 Å². The van der Waals surface area contributed by atoms with Gasteiger partial charge in [-0.25, -0.2) is 9.78 Å². The summed E-state index contributed by atoms with van der Waals surface area (Å²) in [5.41, 5.74) is 0.705. The molecule has 30 heavy (non-hydrogen) atoms. The van der Waals surface area contributed by atoms with E-state index in [0.717, 1.165) is 4.47 Å². The molecule has 3 aromatic rings. The summed E-state index contributed by atoms with van der Waals surface area (Å²) in [7, 11) is 1.45. The normalized spacial score (nSPS) is 11.2. The fourth-order valence-electron chi connectivity index (χ4n) is 2.79. The second-order valence-corrected chi connectivity index (χ2v) is 7.94. The summed E-state index contributed by atoms with van der Waals surface area (Å²) in [6, 6.07) is 8.62. The molecule has 2 aromatic carbocycles. The lowest BCUT2D eigenvalue weighted by Gasteiger charge is -2.13. The fraction of sp³-hybridized carbons (Fsp3) is 0.200. The van der Waals surface area contributed by atoms with Gasteiger partial charge in [0.2, 0.25) is 0 Å². The molecule has 0 atom stereocenters. The molecule has 0 spiro atoms. The van der Waals surface area contributed by atoms with E-state index in [1.54, 1.807) is 24.3 Å². The Labute approximate surface area is 188 Å². The second-order valence-electron chi connectivity index (χ2n) is 6.11. The second kappa shape index (κ2) is 9.40. The lowest BCUT2D eigenvalue weighted by Crippen LogP contribution is -2.22. The van der Waals surface area contributed by atoms with Gasteiger partial charge in [-0.3, -0.25) is 4.79 Å². The number of hydrogen-bond acceptors (Lipinski definition) is 6. The van der Waals surface area contributed by atoms with E-state index in [0.29, 0.717) is 38.9 Å². The van der Waals surface area contributed by atoms with E-state index in [1.165, 1.54) is 18.0 Å². The minimum absolute atomic E-state index is 0.203. The van der Waals surface area contributed by atoms with E-state index >= 15 is 0 Å². The van der Waals surface area contributed by atoms with Crippen molar-refractivity contribution in [2.24, 2.45) is 5.10 Å². The molecule has 3 rings (SSSR count). The lowest BCUT2D eigenvalue weighted by molar-refractivity contribution is -0.139. The van der Waals surface area contributed by atoms with E-state index in [4.69, 9.17) is 14.6 Å². The maximum Gasteiger partial charge on any atom is 0.341 e. The molecule has 1 aromatic heterocycles. The highest BCUT2D eigenvalue weighted by Gasteiger charge is 2.14. The van der Waals surface area contributed by atoms with Crippen LogP contribution >= 0.6 is 31.9 Å². The van der Waals surface area contributed by atoms with E-state index in [1.807, 2.05) is 13.0 Å². The van der Waals surface area contributed by atoms with Gasteiger partial charge < -0.3 is 14.6 Å². The number of aliphatic carboxylic acids is 1. The minimum Gasteiger partial charge on any atom is -0.493 e. The van der Waals surface area contributed by atoms with Crippen molar-refractivity contribution in [3.63, 3.8) is 0 Å². The predicted octanol–water partition coefficient (Wildman–Crippen LogP) is 3.84. The van der Waals surface area contributed by atoms with Gasteiger partial charge in [-0.15, -0.1) is 0 Å². The Bertz CT molecular complexity index is 1210. The van der Waals surface area contributed by atoms with E-state index in [9.17, 15) is 9.59 Å². The molecule has 0 saturated carbocycles. The topological polar surface area (TPSA) is 103 Å². The number of aryl methyl sites for hydroxylation is 1. The van der Waals surface area contributed by atoms with Crippen molar-refractivity contribution in [3.8, 4) is 11.5 Å². The van der Waals surface area contributed by atoms with Crippen LogP contribution in [-0.4, -0.2) is 40.7 Å². The van der Waals surface area contributed by atoms with Crippen LogP contribution in [0.1, 0.15) is 18.3 Å². The lowest BCUT2D eigenvalue weighted by atomic mass is 10.2. The average Bonchev–Trinajstić information content (AvgIpc) is 2.71. The molecule has 0 unspecified atom stereocenters. The maximum absolute atomic E-state index is 13.0. The largest absolute Gasteiger partial charge is 0.493 e. The monoisotopic (exact) mass is 537 g/mol. The Kier molecular flexibility index (Phi) is 6.88. The van der Waals surface area contributed by atoms with Crippen LogP contribution in [0.5, 0.6) is 11.5 Å². The maximum atomic E-state index is 13.0. The first-order valence-electron chi connectivity index (χ1n) is 8.81. The molecule has 0 bridgehead atoms. The summed E-state index contributed by atoms with van der Waals surface area (Å²) in [5, 5.41) is 13.7. The SMILES string of the molecule is CCc1nc2ccc(Br)cc2c(=O)n1N=Cc1cc(Br)cc(OC)c1OCC(=O)O. The molecule has 0 aliphatic rings. The van der Waals surface area contributed by atoms with Crippen molar-refractivity contribution in [2.75, 3.05) is 13.7 Å². The molecular formula is C20H17Br2N3O5. The number of ether oxygens (including phenoxy) is 2. The molecule has 8 nitrogen and oxygen atoms in total. The molecule has 0 fully saturated rings. The highest BCUT2D eigenvalue weighted by atomic mass is 79.9. The van der Waals surface area contributed by atoms with Crippen LogP contribution in [0.4, 0.5) is 0 Å². The van der Waals surface area contributed by atoms with Crippen molar-refractivity contribution in [3.05, 3.63) is 61.0 Å². The van der Waals surface area contributed by atoms with Crippen LogP contribution in [0.15, 0.2) is 49.2 Å². The van der Waals surface area contributed by atoms with Gasteiger partial charge >= 0.3 is 5.97 Å². The molecule has 0 aliphatic carbocycles. The number of nitrogens with zero attached hydrogens (tertiary/aromatic N) is 3. The Hall–Kier alpha value is -2.72. The van der Waals surface area contributed by atoms with Gasteiger partial charge in [0.1, 0.15) is 5.82 Å². The molecule has 0 radical (unpaired) electrons. The standard InChI is InChI=1S/C20H17Br2N3O5/c1-3-17-24-15-5-4-12(21)7-14(15)20(28)25(17)23-9-11-6-13(22)8-16(29-2)19(11)30-10-18(26)27/h4-9H,3,10H2,1-2H3,(H,26,27). The summed E-state index contributed by atoms with van der Waals surface area (Å²) in [6.07, 6.45) is 1.90. The summed E-state index contributed by atoms with van der Waals surface area (Å²) in [6.45, 7) is 1.33. The van der Waals surface area contributed by atoms with Crippen LogP contribution in [0.3, 0.4) is 0 Å². The zero-order valence-electron chi connectivity index (χ0n) is 16.1. The van der Waals surface area contributed by atoms with Crippen LogP contribution in [0.25, 0.3) is 10.9 Å². The number of fused-ring (bicyclic) bond motifs is 1. The van der Waals surface area contributed by atoms with Gasteiger partial charge in [0.15, 0.2) is 18.1 Å². The van der Waals surface area contributed by atoms with E-state index in [-0.39, 0.29) is 11.3 Å². The quantitative estimate of drug-likeness (QED) is 0.458. The molecule has 156 valence electrons. The van der Waals surface area contributed by atoms with Crippen molar-refractivity contribution in [2.45, 2.75) is 13.3 Å². The number of hydrogen-bond donors (Lipinski definition) is 1. The molecule has 0 aliphatic heterocycles. The first-order valence-corrected chi connectivity index (χ1v) is 10.4. The zero-order chi connectivity index (χ0) is 21.8. The number of carboxylic acids is 1. The summed E-state index contributed by atoms with van der Waals surface area (Å²) < 4.78 is 13.3. The molecule has 10 heteroatoms. The third kappa shape index (κ3) is 4.71. The van der Waals surface area contributed by atoms with Crippen molar-refractivity contribution >= 4 is 54.9 Å². The number of halogens is 2. The van der Waals surface area contributed by atoms with Crippen molar-refractivity contribution in [1.29, 1.82) is 0 Å². The first kappa shape index (κ1) is 22.0. The van der Waals surface area contributed by atoms with Crippen LogP contribution in [0, 0.1) is 0 Å². The number of methoxy groups -OCH3 is 1. The molecular weight excluding hydrogens is 522 g/mol. The summed E-state index contributed by atoms with van der Waals surface area (Å²) >= 11 is 6.74. The third-order valence-electron chi connectivity index (χ3n) is 4.11. The molecule has 0 amide bonds. The Morgan fingerprint density at radius 1 is 1.27 bits per heavy atom. The van der Waals surface area contributed by atoms with Gasteiger partial charge in [-0.1, -0.05) is 38.8 Å². The summed E-state index contributed by atoms with van der Waals surface area (Å²) in [5.74, 6) is -0.108. The first-order chi connectivity index (χ1) is 14.3. The molecule has 1 heterocycles. The predicted molar refractivity (Wildman–Crippen MR) is 120 cm³/mol. The van der Waals surface area contributed by atoms with Crippen molar-refractivity contribution in [1.82, 2.24) is 9.66 Å². The van der Waals surface area contributed by atoms with E-state index < -0.39 is 12.6 Å². The van der Waals surface area contributed by atoms with Crippen LogP contribution in [-0.2, 0) is 11.2 Å². The van der Waals surface area contributed by atoms with E-state index in [2.05, 4.69) is 41.9 Å². The average molecular weight is 539 g/mol. The Morgan fingerprint density at radius 2 is 2.03 bits per heavy atom. The molecule has 1 N–H and O–H groups in total. The number of benzene rings is 2. The number of carboxylic acid groups (broad SMARTS) is 1. The number of carbonyl (C=O) groups is 1. The van der Waals surface area contributed by atoms with Crippen LogP contribution < -0.4 is 15.0 Å². The van der Waals surface area contributed by atoms with Gasteiger partial charge in [-0.2, -0.15) is 9.78 Å². The number of rotatable bonds is 7. The smallest absolute Gasteiger partial charge is 0.341 e. The van der Waals surface area contributed by atoms with Gasteiger partial charge in [0.05, 0.1) is 24.2 Å². The Balaban J connectivity index is 2.14. The Morgan fingerprint density at radius 3 is 2.70 bits per heavy atom. The van der Waals surface area contributed by atoms with Crippen molar-refractivity contribution < 1.29 is 19.4 Å². The van der Waals surface area contributed by atoms with Gasteiger partial charge in [0.25, 0.3) is 5.56 Å². The highest BCUT2D eigenvalue weighted by Crippen LogP contribution is 2.34. The minimum atomic E-state index is -1.13. The van der Waals surface area contributed by atoms with Crippen LogP contribution in [0.2, 0.25) is 0 Å². The molecule has 0 saturated heterocycles. The highest BCUT2D eigenvalue weighted by molar-refractivity contribution is 9.10. The number of aromatic nitrogens is 2. The van der Waals surface area contributed by atoms with Gasteiger partial charge in [-0.05, 0) is 30.3 Å². The summed E-state index contributed by atoms with van der Waals surface area (Å²) in [4.78, 5) is 28.5. The third-order valence-corrected chi connectivity index (χ3v) is 5.06.